The van der Waals surface area contributed by atoms with Gasteiger partial charge in [-0.15, -0.1) is 0 Å². The third-order valence-electron chi connectivity index (χ3n) is 2.06. The average molecular weight is 217 g/mol. The molecular formula is C7H8N5NaO2. The van der Waals surface area contributed by atoms with E-state index in [0.29, 0.717) is 0 Å². The average Bonchev–Trinajstić information content (AvgIpc) is 2.54. The minimum atomic E-state index is -0.479. The van der Waals surface area contributed by atoms with Crippen LogP contribution < -0.4 is 51.5 Å². The molecule has 0 aliphatic rings. The van der Waals surface area contributed by atoms with Gasteiger partial charge in [0.05, 0.1) is 11.2 Å². The van der Waals surface area contributed by atoms with Crippen molar-refractivity contribution in [1.29, 1.82) is 0 Å². The zero-order valence-electron chi connectivity index (χ0n) is 8.68. The molecule has 7 nitrogen and oxygen atoms in total. The number of nitrogen functional groups attached to an aromatic ring is 1. The Bertz CT molecular complexity index is 623. The van der Waals surface area contributed by atoms with Gasteiger partial charge in [0.2, 0.25) is 0 Å². The van der Waals surface area contributed by atoms with Crippen molar-refractivity contribution in [2.75, 3.05) is 5.73 Å². The molecule has 0 saturated carbocycles. The minimum Gasteiger partial charge on any atom is -0.453 e. The number of aromatic nitrogens is 4. The molecule has 0 atom stereocenters. The van der Waals surface area contributed by atoms with Crippen LogP contribution in [-0.4, -0.2) is 14.1 Å². The van der Waals surface area contributed by atoms with Gasteiger partial charge in [0.1, 0.15) is 0 Å². The molecule has 0 amide bonds. The van der Waals surface area contributed by atoms with E-state index in [2.05, 4.69) is 9.97 Å². The van der Waals surface area contributed by atoms with E-state index in [4.69, 9.17) is 5.73 Å². The van der Waals surface area contributed by atoms with Crippen molar-refractivity contribution in [2.45, 2.75) is 0 Å². The van der Waals surface area contributed by atoms with Gasteiger partial charge in [-0.05, 0) is 0 Å². The van der Waals surface area contributed by atoms with Crippen molar-refractivity contribution in [1.82, 2.24) is 19.1 Å². The van der Waals surface area contributed by atoms with Gasteiger partial charge < -0.3 is 15.7 Å². The molecule has 15 heavy (non-hydrogen) atoms. The maximum atomic E-state index is 11.5. The SMILES string of the molecule is Cn1c(=O)c2[n-]c(N)nc2n(C)c1=O.[Na+]. The Kier molecular flexibility index (Phi) is 3.08. The van der Waals surface area contributed by atoms with E-state index in [1.165, 1.54) is 18.7 Å². The fraction of sp³-hybridized carbons (Fsp3) is 0.286. The Morgan fingerprint density at radius 2 is 1.87 bits per heavy atom. The van der Waals surface area contributed by atoms with Crippen molar-refractivity contribution in [2.24, 2.45) is 14.1 Å². The number of fused-ring (bicyclic) bond motifs is 1. The first-order valence-electron chi connectivity index (χ1n) is 3.88. The van der Waals surface area contributed by atoms with Crippen LogP contribution in [0.5, 0.6) is 0 Å². The van der Waals surface area contributed by atoms with Gasteiger partial charge in [-0.1, -0.05) is 0 Å². The van der Waals surface area contributed by atoms with Gasteiger partial charge in [-0.25, -0.2) is 4.79 Å². The van der Waals surface area contributed by atoms with Crippen molar-refractivity contribution in [3.63, 3.8) is 0 Å². The summed E-state index contributed by atoms with van der Waals surface area (Å²) in [5, 5.41) is 0. The molecule has 2 rings (SSSR count). The minimum absolute atomic E-state index is 0. The van der Waals surface area contributed by atoms with E-state index >= 15 is 0 Å². The number of imidazole rings is 1. The molecule has 0 bridgehead atoms. The second kappa shape index (κ2) is 3.84. The summed E-state index contributed by atoms with van der Waals surface area (Å²) >= 11 is 0. The van der Waals surface area contributed by atoms with Crippen LogP contribution in [0.1, 0.15) is 0 Å². The van der Waals surface area contributed by atoms with Gasteiger partial charge in [0, 0.05) is 20.0 Å². The predicted molar refractivity (Wildman–Crippen MR) is 50.0 cm³/mol. The summed E-state index contributed by atoms with van der Waals surface area (Å²) in [6, 6.07) is 0. The van der Waals surface area contributed by atoms with Crippen LogP contribution in [0.3, 0.4) is 0 Å². The van der Waals surface area contributed by atoms with Gasteiger partial charge in [-0.2, -0.15) is 0 Å². The summed E-state index contributed by atoms with van der Waals surface area (Å²) in [6.45, 7) is 0. The summed E-state index contributed by atoms with van der Waals surface area (Å²) in [7, 11) is 2.90. The summed E-state index contributed by atoms with van der Waals surface area (Å²) in [6.07, 6.45) is 0. The Balaban J connectivity index is 0.00000112. The Labute approximate surface area is 106 Å². The van der Waals surface area contributed by atoms with Crippen molar-refractivity contribution in [3.8, 4) is 0 Å². The van der Waals surface area contributed by atoms with E-state index in [1.54, 1.807) is 0 Å². The number of hydrogen-bond donors (Lipinski definition) is 1. The fourth-order valence-corrected chi connectivity index (χ4v) is 1.29. The fourth-order valence-electron chi connectivity index (χ4n) is 1.29. The van der Waals surface area contributed by atoms with Crippen LogP contribution in [0.25, 0.3) is 11.2 Å². The summed E-state index contributed by atoms with van der Waals surface area (Å²) in [4.78, 5) is 30.5. The molecule has 2 N–H and O–H groups in total. The molecule has 0 saturated heterocycles. The second-order valence-electron chi connectivity index (χ2n) is 2.96. The number of nitrogens with two attached hydrogens (primary N) is 1. The van der Waals surface area contributed by atoms with E-state index in [1.807, 2.05) is 0 Å². The first-order valence-corrected chi connectivity index (χ1v) is 3.88. The number of hydrogen-bond acceptors (Lipinski definition) is 4. The maximum absolute atomic E-state index is 11.5. The third-order valence-corrected chi connectivity index (χ3v) is 2.06. The number of rotatable bonds is 0. The second-order valence-corrected chi connectivity index (χ2v) is 2.96. The maximum Gasteiger partial charge on any atom is 1.00 e. The van der Waals surface area contributed by atoms with Crippen LogP contribution in [0.4, 0.5) is 5.95 Å². The van der Waals surface area contributed by atoms with Gasteiger partial charge >= 0.3 is 35.2 Å². The predicted octanol–water partition coefficient (Wildman–Crippen LogP) is -4.82. The van der Waals surface area contributed by atoms with Crippen LogP contribution in [0.15, 0.2) is 9.59 Å². The van der Waals surface area contributed by atoms with E-state index in [-0.39, 0.29) is 46.7 Å². The first kappa shape index (κ1) is 12.0. The standard InChI is InChI=1S/C7H9N5O2.Na/c1-11-4-3(9-6(8)10-4)5(13)12(2)7(11)14;/h1-2H3,(H3,8,9,10,13);/q;+1/p-1. The first-order chi connectivity index (χ1) is 6.52. The Morgan fingerprint density at radius 3 is 2.47 bits per heavy atom. The molecule has 0 fully saturated rings. The van der Waals surface area contributed by atoms with Crippen LogP contribution in [0.2, 0.25) is 0 Å². The largest absolute Gasteiger partial charge is 1.00 e. The molecule has 2 aromatic rings. The molecule has 0 unspecified atom stereocenters. The molecule has 2 heterocycles. The quantitative estimate of drug-likeness (QED) is 0.446. The van der Waals surface area contributed by atoms with E-state index < -0.39 is 11.2 Å². The van der Waals surface area contributed by atoms with Crippen LogP contribution in [-0.2, 0) is 14.1 Å². The molecule has 0 aliphatic carbocycles. The van der Waals surface area contributed by atoms with Gasteiger partial charge in [0.15, 0.2) is 0 Å². The number of anilines is 1. The molecule has 0 radical (unpaired) electrons. The van der Waals surface area contributed by atoms with Crippen LogP contribution >= 0.6 is 0 Å². The zero-order valence-corrected chi connectivity index (χ0v) is 10.7. The zero-order chi connectivity index (χ0) is 10.5. The van der Waals surface area contributed by atoms with Crippen molar-refractivity contribution in [3.05, 3.63) is 20.8 Å². The van der Waals surface area contributed by atoms with E-state index in [0.717, 1.165) is 4.57 Å². The monoisotopic (exact) mass is 217 g/mol. The Hall–Kier alpha value is -1.05. The third kappa shape index (κ3) is 1.62. The van der Waals surface area contributed by atoms with Crippen LogP contribution in [0, 0.1) is 0 Å². The molecule has 74 valence electrons. The normalized spacial score (nSPS) is 10.3. The molecular weight excluding hydrogens is 209 g/mol. The smallest absolute Gasteiger partial charge is 0.453 e. The summed E-state index contributed by atoms with van der Waals surface area (Å²) in [5.74, 6) is -0.00157. The topological polar surface area (TPSA) is 97.0 Å². The van der Waals surface area contributed by atoms with Gasteiger partial charge in [0.25, 0.3) is 5.56 Å². The van der Waals surface area contributed by atoms with Crippen molar-refractivity contribution >= 4 is 17.1 Å². The Morgan fingerprint density at radius 1 is 1.27 bits per heavy atom. The molecule has 0 spiro atoms. The molecule has 2 aromatic heterocycles. The van der Waals surface area contributed by atoms with Crippen molar-refractivity contribution < 1.29 is 29.6 Å². The molecule has 8 heteroatoms. The number of aryl methyl sites for hydroxylation is 1. The molecule has 0 aromatic carbocycles. The van der Waals surface area contributed by atoms with E-state index in [9.17, 15) is 9.59 Å². The molecule has 0 aliphatic heterocycles. The summed E-state index contributed by atoms with van der Waals surface area (Å²) in [5.41, 5.74) is 4.76. The summed E-state index contributed by atoms with van der Waals surface area (Å²) < 4.78 is 2.20. The van der Waals surface area contributed by atoms with Gasteiger partial charge in [-0.3, -0.25) is 13.9 Å². The number of nitrogens with zero attached hydrogens (tertiary/aromatic N) is 4.